The molecular weight excluding hydrogens is 382 g/mol. The fourth-order valence-electron chi connectivity index (χ4n) is 5.49. The van der Waals surface area contributed by atoms with Gasteiger partial charge in [-0.15, -0.1) is 0 Å². The summed E-state index contributed by atoms with van der Waals surface area (Å²) < 4.78 is 7.46. The molecule has 0 spiro atoms. The van der Waals surface area contributed by atoms with Gasteiger partial charge in [0.15, 0.2) is 11.5 Å². The number of nitrogens with one attached hydrogen (secondary N) is 1. The summed E-state index contributed by atoms with van der Waals surface area (Å²) in [7, 11) is 0. The molecule has 3 aromatic rings. The summed E-state index contributed by atoms with van der Waals surface area (Å²) in [6, 6.07) is 4.66. The van der Waals surface area contributed by atoms with Crippen molar-refractivity contribution in [2.75, 3.05) is 31.2 Å². The fraction of sp³-hybridized carbons (Fsp3) is 0.524. The number of amides is 1. The number of aromatic amines is 1. The number of hydrogen-bond acceptors (Lipinski definition) is 6. The molecule has 3 saturated heterocycles. The summed E-state index contributed by atoms with van der Waals surface area (Å²) in [5, 5.41) is 12.7. The van der Waals surface area contributed by atoms with Crippen LogP contribution in [-0.2, 0) is 9.53 Å². The molecule has 1 saturated carbocycles. The Morgan fingerprint density at radius 2 is 2.27 bits per heavy atom. The second-order valence-electron chi connectivity index (χ2n) is 8.68. The van der Waals surface area contributed by atoms with Gasteiger partial charge in [0, 0.05) is 43.4 Å². The first kappa shape index (κ1) is 17.9. The lowest BCUT2D eigenvalue weighted by atomic mass is 9.69. The van der Waals surface area contributed by atoms with Crippen molar-refractivity contribution in [3.8, 4) is 5.82 Å². The van der Waals surface area contributed by atoms with Gasteiger partial charge in [0.25, 0.3) is 0 Å². The van der Waals surface area contributed by atoms with Crippen LogP contribution in [0.5, 0.6) is 0 Å². The van der Waals surface area contributed by atoms with Crippen LogP contribution in [0, 0.1) is 5.92 Å². The van der Waals surface area contributed by atoms with Crippen LogP contribution in [0.4, 0.5) is 5.82 Å². The van der Waals surface area contributed by atoms with Gasteiger partial charge in [0.1, 0.15) is 5.82 Å². The quantitative estimate of drug-likeness (QED) is 0.711. The van der Waals surface area contributed by atoms with Gasteiger partial charge in [0.05, 0.1) is 31.6 Å². The molecule has 30 heavy (non-hydrogen) atoms. The molecule has 9 nitrogen and oxygen atoms in total. The van der Waals surface area contributed by atoms with Gasteiger partial charge in [0.2, 0.25) is 5.91 Å². The van der Waals surface area contributed by atoms with E-state index in [4.69, 9.17) is 9.72 Å². The van der Waals surface area contributed by atoms with E-state index in [1.54, 1.807) is 13.1 Å². The molecule has 3 unspecified atom stereocenters. The van der Waals surface area contributed by atoms with Crippen molar-refractivity contribution in [3.63, 3.8) is 0 Å². The Kier molecular flexibility index (Phi) is 3.89. The predicted molar refractivity (Wildman–Crippen MR) is 111 cm³/mol. The first-order valence-electron chi connectivity index (χ1n) is 10.6. The van der Waals surface area contributed by atoms with Crippen molar-refractivity contribution in [3.05, 3.63) is 30.1 Å². The van der Waals surface area contributed by atoms with Gasteiger partial charge < -0.3 is 14.5 Å². The molecule has 1 aliphatic carbocycles. The summed E-state index contributed by atoms with van der Waals surface area (Å²) >= 11 is 0. The van der Waals surface area contributed by atoms with Crippen LogP contribution in [0.1, 0.15) is 31.7 Å². The summed E-state index contributed by atoms with van der Waals surface area (Å²) in [5.74, 6) is 2.77. The third-order valence-corrected chi connectivity index (χ3v) is 7.00. The maximum atomic E-state index is 12.1. The molecule has 2 bridgehead atoms. The van der Waals surface area contributed by atoms with Crippen molar-refractivity contribution >= 4 is 22.8 Å². The molecule has 3 aromatic heterocycles. The number of H-pyrrole nitrogens is 1. The van der Waals surface area contributed by atoms with Crippen LogP contribution in [-0.4, -0.2) is 74.2 Å². The standard InChI is InChI=1S/C21H25N7O2/c1-12-11-30-6-5-26(12)19-8-15(20-14-7-17(20)27(10-14)13(2)29)16-9-23-28(21(16)24-19)18-3-4-22-25-18/h3-4,8-9,12,14,17,20H,5-7,10-11H2,1-2H3,(H,22,25)/t12-,14?,17?,20?/m1/s1. The van der Waals surface area contributed by atoms with E-state index in [-0.39, 0.29) is 18.0 Å². The molecule has 6 heterocycles. The number of nitrogens with zero attached hydrogens (tertiary/aromatic N) is 6. The number of fused-ring (bicyclic) bond motifs is 2. The zero-order chi connectivity index (χ0) is 20.4. The average molecular weight is 407 g/mol. The molecule has 9 heteroatoms. The van der Waals surface area contributed by atoms with E-state index in [2.05, 4.69) is 33.2 Å². The van der Waals surface area contributed by atoms with E-state index < -0.39 is 0 Å². The number of carbonyl (C=O) groups excluding carboxylic acids is 1. The number of morpholine rings is 1. The zero-order valence-corrected chi connectivity index (χ0v) is 17.2. The summed E-state index contributed by atoms with van der Waals surface area (Å²) in [6.07, 6.45) is 4.71. The van der Waals surface area contributed by atoms with Crippen molar-refractivity contribution in [1.29, 1.82) is 0 Å². The lowest BCUT2D eigenvalue weighted by molar-refractivity contribution is -0.129. The summed E-state index contributed by atoms with van der Waals surface area (Å²) in [4.78, 5) is 21.5. The van der Waals surface area contributed by atoms with Gasteiger partial charge in [-0.05, 0) is 30.9 Å². The van der Waals surface area contributed by atoms with E-state index in [1.807, 2.05) is 21.8 Å². The molecule has 1 amide bonds. The topological polar surface area (TPSA) is 92.2 Å². The van der Waals surface area contributed by atoms with Gasteiger partial charge >= 0.3 is 0 Å². The highest BCUT2D eigenvalue weighted by molar-refractivity contribution is 5.84. The molecule has 3 aliphatic heterocycles. The Labute approximate surface area is 174 Å². The number of rotatable bonds is 3. The van der Waals surface area contributed by atoms with E-state index in [0.717, 1.165) is 42.2 Å². The van der Waals surface area contributed by atoms with Crippen LogP contribution < -0.4 is 4.90 Å². The molecule has 4 atom stereocenters. The minimum absolute atomic E-state index is 0.172. The molecule has 0 radical (unpaired) electrons. The van der Waals surface area contributed by atoms with Gasteiger partial charge in [-0.3, -0.25) is 9.89 Å². The van der Waals surface area contributed by atoms with E-state index in [1.165, 1.54) is 5.56 Å². The van der Waals surface area contributed by atoms with E-state index in [0.29, 0.717) is 25.0 Å². The monoisotopic (exact) mass is 407 g/mol. The number of aromatic nitrogens is 5. The molecule has 156 valence electrons. The molecule has 4 fully saturated rings. The molecular formula is C21H25N7O2. The minimum atomic E-state index is 0.172. The molecule has 7 rings (SSSR count). The first-order chi connectivity index (χ1) is 14.6. The highest BCUT2D eigenvalue weighted by Crippen LogP contribution is 2.54. The Morgan fingerprint density at radius 3 is 3.00 bits per heavy atom. The third kappa shape index (κ3) is 2.51. The van der Waals surface area contributed by atoms with Crippen LogP contribution in [0.3, 0.4) is 0 Å². The van der Waals surface area contributed by atoms with Gasteiger partial charge in [-0.1, -0.05) is 0 Å². The number of carbonyl (C=O) groups is 1. The number of hydrogen-bond donors (Lipinski definition) is 1. The number of pyridine rings is 1. The van der Waals surface area contributed by atoms with Crippen molar-refractivity contribution in [2.45, 2.75) is 38.3 Å². The molecule has 0 aromatic carbocycles. The number of anilines is 1. The lowest BCUT2D eigenvalue weighted by Gasteiger charge is -2.38. The maximum Gasteiger partial charge on any atom is 0.219 e. The summed E-state index contributed by atoms with van der Waals surface area (Å²) in [5.41, 5.74) is 2.08. The van der Waals surface area contributed by atoms with Gasteiger partial charge in [-0.2, -0.15) is 14.9 Å². The largest absolute Gasteiger partial charge is 0.377 e. The fourth-order valence-corrected chi connectivity index (χ4v) is 5.49. The maximum absolute atomic E-state index is 12.1. The lowest BCUT2D eigenvalue weighted by Crippen LogP contribution is -2.44. The van der Waals surface area contributed by atoms with E-state index >= 15 is 0 Å². The minimum Gasteiger partial charge on any atom is -0.377 e. The highest BCUT2D eigenvalue weighted by atomic mass is 16.5. The summed E-state index contributed by atoms with van der Waals surface area (Å²) in [6.45, 7) is 6.91. The molecule has 1 N–H and O–H groups in total. The molecule has 4 aliphatic rings. The predicted octanol–water partition coefficient (Wildman–Crippen LogP) is 1.70. The highest BCUT2D eigenvalue weighted by Gasteiger charge is 2.54. The Hall–Kier alpha value is -2.94. The van der Waals surface area contributed by atoms with Crippen molar-refractivity contribution < 1.29 is 9.53 Å². The van der Waals surface area contributed by atoms with Crippen LogP contribution in [0.15, 0.2) is 24.5 Å². The zero-order valence-electron chi connectivity index (χ0n) is 17.2. The smallest absolute Gasteiger partial charge is 0.219 e. The van der Waals surface area contributed by atoms with Crippen LogP contribution in [0.2, 0.25) is 0 Å². The van der Waals surface area contributed by atoms with Crippen molar-refractivity contribution in [2.24, 2.45) is 5.92 Å². The Morgan fingerprint density at radius 1 is 1.37 bits per heavy atom. The second-order valence-corrected chi connectivity index (χ2v) is 8.68. The first-order valence-corrected chi connectivity index (χ1v) is 10.6. The van der Waals surface area contributed by atoms with Gasteiger partial charge in [-0.25, -0.2) is 4.98 Å². The Bertz CT molecular complexity index is 1110. The average Bonchev–Trinajstić information content (AvgIpc) is 3.49. The van der Waals surface area contributed by atoms with E-state index in [9.17, 15) is 4.79 Å². The van der Waals surface area contributed by atoms with Crippen molar-refractivity contribution in [1.82, 2.24) is 29.9 Å². The SMILES string of the molecule is CC(=O)N1CC2CC1C2c1cc(N2CCOC[C@H]2C)nc2c1cnn2-c1ccn[nH]1. The third-order valence-electron chi connectivity index (χ3n) is 7.00. The Balaban J connectivity index is 1.51. The normalized spacial score (nSPS) is 28.2. The van der Waals surface area contributed by atoms with Crippen LogP contribution >= 0.6 is 0 Å². The van der Waals surface area contributed by atoms with Crippen LogP contribution in [0.25, 0.3) is 16.9 Å². The second kappa shape index (κ2) is 6.53. The number of ether oxygens (including phenoxy) is 1.